The highest BCUT2D eigenvalue weighted by Crippen LogP contribution is 2.48. The monoisotopic (exact) mass is 805 g/mol. The van der Waals surface area contributed by atoms with E-state index in [1.165, 1.54) is 36.4 Å². The predicted octanol–water partition coefficient (Wildman–Crippen LogP) is 3.30. The number of nitrogens with two attached hydrogens (primary N) is 1. The zero-order valence-corrected chi connectivity index (χ0v) is 31.8. The second-order valence-electron chi connectivity index (χ2n) is 15.0. The van der Waals surface area contributed by atoms with Crippen LogP contribution in [0.3, 0.4) is 0 Å². The highest BCUT2D eigenvalue weighted by molar-refractivity contribution is 6.03. The number of carbonyl (C=O) groups excluding carboxylic acids is 2. The molecule has 0 spiro atoms. The van der Waals surface area contributed by atoms with E-state index in [-0.39, 0.29) is 52.0 Å². The summed E-state index contributed by atoms with van der Waals surface area (Å²) in [6.07, 6.45) is 5.93. The van der Waals surface area contributed by atoms with E-state index in [1.807, 2.05) is 48.7 Å². The van der Waals surface area contributed by atoms with E-state index in [4.69, 9.17) is 19.6 Å². The van der Waals surface area contributed by atoms with Gasteiger partial charge in [-0.3, -0.25) is 14.4 Å². The summed E-state index contributed by atoms with van der Waals surface area (Å²) in [4.78, 5) is 55.6. The predicted molar refractivity (Wildman–Crippen MR) is 214 cm³/mol. The molecule has 1 saturated heterocycles. The maximum atomic E-state index is 13.7. The number of nitrogens with one attached hydrogen (secondary N) is 2. The van der Waals surface area contributed by atoms with Crippen molar-refractivity contribution in [1.29, 1.82) is 0 Å². The minimum absolute atomic E-state index is 0.0286. The third-order valence-corrected chi connectivity index (χ3v) is 11.2. The number of ketones is 1. The Morgan fingerprint density at radius 1 is 1.05 bits per heavy atom. The van der Waals surface area contributed by atoms with Gasteiger partial charge in [0.2, 0.25) is 23.1 Å². The van der Waals surface area contributed by atoms with Gasteiger partial charge in [0, 0.05) is 25.0 Å². The first kappa shape index (κ1) is 40.8. The van der Waals surface area contributed by atoms with Crippen LogP contribution in [-0.4, -0.2) is 90.5 Å². The second kappa shape index (κ2) is 16.1. The molecule has 7 atom stereocenters. The standard InChI is InChI=1S/C44H43N3O12/c1-25(6-5-9-26-7-3-2-4-8-26)29(20-27-17-19-46-22-27)23-47-24-43(55)41(59-42(40(53)54)18-16-34(49)44(43,56)39(42)52)57-31-14-15-32-33(21-31)58-37(38(45)51)35(36(32)50)28-10-12-30(48)13-11-28/h2-5,7-19,21-22,25,29,39,41,46-48,52,55-56H,6,20,23-24H2,1H3,(H2,45,51)(H,53,54). The van der Waals surface area contributed by atoms with Crippen molar-refractivity contribution < 1.29 is 53.8 Å². The Hall–Kier alpha value is -6.36. The molecule has 7 rings (SSSR count). The van der Waals surface area contributed by atoms with Crippen LogP contribution in [0.25, 0.3) is 28.2 Å². The van der Waals surface area contributed by atoms with Gasteiger partial charge in [-0.1, -0.05) is 61.5 Å². The number of carboxylic acid groups (broad SMARTS) is 1. The lowest BCUT2D eigenvalue weighted by Crippen LogP contribution is -2.85. The normalized spacial score (nSPS) is 24.9. The maximum absolute atomic E-state index is 13.7. The summed E-state index contributed by atoms with van der Waals surface area (Å²) < 4.78 is 17.7. The van der Waals surface area contributed by atoms with Crippen LogP contribution < -0.4 is 21.2 Å². The van der Waals surface area contributed by atoms with Crippen LogP contribution >= 0.6 is 0 Å². The maximum Gasteiger partial charge on any atom is 0.343 e. The number of aromatic nitrogens is 1. The molecule has 0 radical (unpaired) electrons. The lowest BCUT2D eigenvalue weighted by Gasteiger charge is -2.57. The largest absolute Gasteiger partial charge is 0.508 e. The number of aromatic amines is 1. The van der Waals surface area contributed by atoms with Crippen molar-refractivity contribution in [2.75, 3.05) is 13.1 Å². The molecular weight excluding hydrogens is 762 g/mol. The lowest BCUT2D eigenvalue weighted by atomic mass is 9.64. The Labute approximate surface area is 337 Å². The lowest BCUT2D eigenvalue weighted by molar-refractivity contribution is -0.355. The van der Waals surface area contributed by atoms with Crippen molar-refractivity contribution >= 4 is 34.7 Å². The molecule has 7 unspecified atom stereocenters. The molecular formula is C44H43N3O12. The SMILES string of the molecule is CC(CC=Cc1ccccc1)C(CNCC1(O)C(Oc2ccc3c(=O)c(-c4ccc(O)cc4)c(C(N)=O)oc3c2)OC2(C(=O)O)C=CC(=O)C1(O)C2O)Cc1cc[nH]c1. The Bertz CT molecular complexity index is 2480. The first-order valence-corrected chi connectivity index (χ1v) is 18.9. The summed E-state index contributed by atoms with van der Waals surface area (Å²) in [6.45, 7) is 1.66. The van der Waals surface area contributed by atoms with Gasteiger partial charge in [0.15, 0.2) is 17.0 Å². The fourth-order valence-corrected chi connectivity index (χ4v) is 7.77. The number of phenols is 1. The number of amides is 1. The van der Waals surface area contributed by atoms with Crippen molar-refractivity contribution in [2.24, 2.45) is 17.6 Å². The van der Waals surface area contributed by atoms with E-state index in [9.17, 15) is 44.7 Å². The van der Waals surface area contributed by atoms with Crippen LogP contribution in [-0.2, 0) is 20.7 Å². The number of allylic oxidation sites excluding steroid dienone is 1. The molecule has 2 aliphatic rings. The zero-order chi connectivity index (χ0) is 42.1. The molecule has 9 N–H and O–H groups in total. The summed E-state index contributed by atoms with van der Waals surface area (Å²) in [7, 11) is 0. The molecule has 0 saturated carbocycles. The topological polar surface area (TPSA) is 255 Å². The van der Waals surface area contributed by atoms with E-state index >= 15 is 0 Å². The smallest absolute Gasteiger partial charge is 0.343 e. The second-order valence-corrected chi connectivity index (χ2v) is 15.0. The summed E-state index contributed by atoms with van der Waals surface area (Å²) in [5.74, 6) is -4.86. The van der Waals surface area contributed by atoms with Crippen molar-refractivity contribution in [3.63, 3.8) is 0 Å². The van der Waals surface area contributed by atoms with Gasteiger partial charge in [0.25, 0.3) is 5.91 Å². The van der Waals surface area contributed by atoms with E-state index < -0.39 is 64.6 Å². The van der Waals surface area contributed by atoms with E-state index in [0.717, 1.165) is 29.3 Å². The van der Waals surface area contributed by atoms with Gasteiger partial charge in [-0.2, -0.15) is 0 Å². The summed E-state index contributed by atoms with van der Waals surface area (Å²) >= 11 is 0. The van der Waals surface area contributed by atoms with Gasteiger partial charge in [-0.25, -0.2) is 4.79 Å². The van der Waals surface area contributed by atoms with Crippen molar-refractivity contribution in [2.45, 2.75) is 49.0 Å². The van der Waals surface area contributed by atoms with Crippen LogP contribution in [0.2, 0.25) is 0 Å². The first-order chi connectivity index (χ1) is 28.2. The molecule has 5 aromatic rings. The number of hydrogen-bond donors (Lipinski definition) is 8. The number of carboxylic acids is 1. The van der Waals surface area contributed by atoms with Gasteiger partial charge in [-0.05, 0) is 90.4 Å². The molecule has 1 fully saturated rings. The van der Waals surface area contributed by atoms with Crippen molar-refractivity contribution in [3.05, 3.63) is 137 Å². The quantitative estimate of drug-likeness (QED) is 0.0757. The average Bonchev–Trinajstić information content (AvgIpc) is 3.73. The molecule has 1 aliphatic carbocycles. The van der Waals surface area contributed by atoms with Crippen LogP contribution in [0.15, 0.2) is 119 Å². The van der Waals surface area contributed by atoms with Crippen LogP contribution in [0.4, 0.5) is 0 Å². The number of rotatable bonds is 15. The van der Waals surface area contributed by atoms with E-state index in [2.05, 4.69) is 23.3 Å². The molecule has 15 heteroatoms. The van der Waals surface area contributed by atoms with Crippen molar-refractivity contribution in [1.82, 2.24) is 10.3 Å². The van der Waals surface area contributed by atoms with E-state index in [1.54, 1.807) is 6.20 Å². The molecule has 59 heavy (non-hydrogen) atoms. The number of ether oxygens (including phenoxy) is 2. The van der Waals surface area contributed by atoms with Crippen molar-refractivity contribution in [3.8, 4) is 22.6 Å². The number of phenolic OH excluding ortho intramolecular Hbond substituents is 1. The number of carbonyl (C=O) groups is 3. The molecule has 3 aromatic carbocycles. The summed E-state index contributed by atoms with van der Waals surface area (Å²) in [5.41, 5.74) is -1.87. The van der Waals surface area contributed by atoms with Crippen LogP contribution in [0, 0.1) is 11.8 Å². The van der Waals surface area contributed by atoms with E-state index in [0.29, 0.717) is 12.8 Å². The number of benzene rings is 3. The highest BCUT2D eigenvalue weighted by Gasteiger charge is 2.76. The Kier molecular flexibility index (Phi) is 11.2. The summed E-state index contributed by atoms with van der Waals surface area (Å²) in [6, 6.07) is 20.9. The Balaban J connectivity index is 1.21. The minimum Gasteiger partial charge on any atom is -0.508 e. The number of aromatic hydroxyl groups is 1. The fraction of sp³-hybridized carbons (Fsp3) is 0.273. The number of aliphatic carboxylic acids is 1. The minimum atomic E-state index is -3.17. The molecule has 3 heterocycles. The highest BCUT2D eigenvalue weighted by atomic mass is 16.7. The van der Waals surface area contributed by atoms with Gasteiger partial charge >= 0.3 is 5.97 Å². The van der Waals surface area contributed by atoms with Gasteiger partial charge in [0.1, 0.15) is 23.2 Å². The number of fused-ring (bicyclic) bond motifs is 3. The molecule has 15 nitrogen and oxygen atoms in total. The zero-order valence-electron chi connectivity index (χ0n) is 31.8. The average molecular weight is 806 g/mol. The number of primary amides is 1. The Morgan fingerprint density at radius 3 is 2.47 bits per heavy atom. The van der Waals surface area contributed by atoms with Crippen LogP contribution in [0.5, 0.6) is 11.5 Å². The fourth-order valence-electron chi connectivity index (χ4n) is 7.77. The van der Waals surface area contributed by atoms with Gasteiger partial charge in [0.05, 0.1) is 10.9 Å². The number of H-pyrrole nitrogens is 1. The van der Waals surface area contributed by atoms with Gasteiger partial charge in [-0.15, -0.1) is 0 Å². The molecule has 2 aromatic heterocycles. The number of hydrogen-bond acceptors (Lipinski definition) is 12. The number of aliphatic hydroxyl groups excluding tert-OH is 1. The van der Waals surface area contributed by atoms with Gasteiger partial charge < -0.3 is 55.5 Å². The Morgan fingerprint density at radius 2 is 1.80 bits per heavy atom. The van der Waals surface area contributed by atoms with Crippen LogP contribution in [0.1, 0.15) is 35.0 Å². The summed E-state index contributed by atoms with van der Waals surface area (Å²) in [5, 5.41) is 59.2. The third-order valence-electron chi connectivity index (χ3n) is 11.2. The first-order valence-electron chi connectivity index (χ1n) is 18.9. The molecule has 2 bridgehead atoms. The number of aliphatic hydroxyl groups is 3. The molecule has 306 valence electrons. The molecule has 1 aliphatic heterocycles. The molecule has 1 amide bonds. The third kappa shape index (κ3) is 7.46.